The fraction of sp³-hybridized carbons (Fsp3) is 0.594. The van der Waals surface area contributed by atoms with Crippen molar-refractivity contribution < 1.29 is 23.9 Å². The maximum Gasteiger partial charge on any atom is 0.325 e. The van der Waals surface area contributed by atoms with E-state index in [1.165, 1.54) is 5.01 Å². The number of ether oxygens (including phenoxy) is 2. The van der Waals surface area contributed by atoms with E-state index in [0.29, 0.717) is 25.9 Å². The van der Waals surface area contributed by atoms with Crippen molar-refractivity contribution >= 4 is 23.9 Å². The number of carbonyl (C=O) groups is 3. The number of methoxy groups -OCH3 is 1. The van der Waals surface area contributed by atoms with E-state index in [9.17, 15) is 14.4 Å². The Bertz CT molecular complexity index is 1060. The van der Waals surface area contributed by atoms with E-state index >= 15 is 0 Å². The van der Waals surface area contributed by atoms with Crippen molar-refractivity contribution in [1.82, 2.24) is 21.1 Å². The summed E-state index contributed by atoms with van der Waals surface area (Å²) in [6.07, 6.45) is 14.7. The summed E-state index contributed by atoms with van der Waals surface area (Å²) >= 11 is 0. The lowest BCUT2D eigenvalue weighted by Gasteiger charge is -2.35. The van der Waals surface area contributed by atoms with Gasteiger partial charge in [0.25, 0.3) is 5.91 Å². The number of cyclic esters (lactones) is 1. The molecule has 2 aliphatic heterocycles. The second-order valence-corrected chi connectivity index (χ2v) is 11.2. The molecule has 41 heavy (non-hydrogen) atoms. The number of carbonyl (C=O) groups excluding carboxylic acids is 3. The zero-order valence-electron chi connectivity index (χ0n) is 25.4. The van der Waals surface area contributed by atoms with Crippen molar-refractivity contribution in [3.8, 4) is 12.8 Å². The second-order valence-electron chi connectivity index (χ2n) is 11.2. The molecule has 1 fully saturated rings. The van der Waals surface area contributed by atoms with E-state index in [0.717, 1.165) is 24.0 Å². The van der Waals surface area contributed by atoms with Crippen LogP contribution in [0.4, 0.5) is 0 Å². The Morgan fingerprint density at radius 2 is 1.83 bits per heavy atom. The van der Waals surface area contributed by atoms with Crippen LogP contribution in [0.2, 0.25) is 0 Å². The molecular weight excluding hydrogens is 520 g/mol. The Morgan fingerprint density at radius 3 is 2.51 bits per heavy atom. The number of nitrogens with zero attached hydrogens (tertiary/aromatic N) is 1. The van der Waals surface area contributed by atoms with Crippen LogP contribution in [0.3, 0.4) is 0 Å². The lowest BCUT2D eigenvalue weighted by molar-refractivity contribution is -0.157. The second kappa shape index (κ2) is 16.9. The molecule has 9 nitrogen and oxygen atoms in total. The molecule has 6 unspecified atom stereocenters. The predicted octanol–water partition coefficient (Wildman–Crippen LogP) is 3.61. The number of benzene rings is 1. The molecular formula is C32H48N4O5. The van der Waals surface area contributed by atoms with Gasteiger partial charge in [0.1, 0.15) is 18.2 Å². The SMILES string of the molecule is C#C.COC1CC/C=C/c2cccc(c2)C(C)OC(=O)C2CCCN(N2)C(=O)C(C)NC(=O)C(C(C)C)NCC1C. The highest BCUT2D eigenvalue weighted by molar-refractivity contribution is 5.89. The minimum Gasteiger partial charge on any atom is -0.457 e. The minimum atomic E-state index is -0.752. The van der Waals surface area contributed by atoms with Crippen LogP contribution < -0.4 is 16.1 Å². The molecule has 2 aliphatic rings. The molecule has 2 amide bonds. The molecule has 1 saturated heterocycles. The zero-order chi connectivity index (χ0) is 30.5. The molecule has 3 N–H and O–H groups in total. The number of allylic oxidation sites excluding steroid dienone is 1. The molecule has 0 spiro atoms. The number of amides is 2. The molecule has 0 aromatic heterocycles. The van der Waals surface area contributed by atoms with Crippen LogP contribution in [0.15, 0.2) is 30.3 Å². The van der Waals surface area contributed by atoms with Gasteiger partial charge in [-0.1, -0.05) is 51.1 Å². The maximum absolute atomic E-state index is 13.2. The Labute approximate surface area is 245 Å². The summed E-state index contributed by atoms with van der Waals surface area (Å²) < 4.78 is 11.6. The van der Waals surface area contributed by atoms with E-state index in [4.69, 9.17) is 9.47 Å². The first kappa shape index (κ1) is 34.0. The third-order valence-corrected chi connectivity index (χ3v) is 7.61. The van der Waals surface area contributed by atoms with Gasteiger partial charge >= 0.3 is 5.97 Å². The largest absolute Gasteiger partial charge is 0.457 e. The molecule has 0 radical (unpaired) electrons. The molecule has 4 bridgehead atoms. The van der Waals surface area contributed by atoms with Gasteiger partial charge in [-0.2, -0.15) is 0 Å². The third kappa shape index (κ3) is 9.99. The topological polar surface area (TPSA) is 109 Å². The van der Waals surface area contributed by atoms with E-state index in [1.807, 2.05) is 45.0 Å². The molecule has 0 aliphatic carbocycles. The highest BCUT2D eigenvalue weighted by Crippen LogP contribution is 2.22. The highest BCUT2D eigenvalue weighted by Gasteiger charge is 2.33. The molecule has 1 aromatic carbocycles. The zero-order valence-corrected chi connectivity index (χ0v) is 25.4. The number of fused-ring (bicyclic) bond motifs is 4. The lowest BCUT2D eigenvalue weighted by Crippen LogP contribution is -2.60. The van der Waals surface area contributed by atoms with Crippen LogP contribution in [0.1, 0.15) is 77.5 Å². The van der Waals surface area contributed by atoms with Crippen LogP contribution in [-0.4, -0.2) is 67.2 Å². The molecule has 6 atom stereocenters. The first-order valence-corrected chi connectivity index (χ1v) is 14.5. The summed E-state index contributed by atoms with van der Waals surface area (Å²) in [6, 6.07) is 6.13. The number of esters is 1. The average Bonchev–Trinajstić information content (AvgIpc) is 2.97. The quantitative estimate of drug-likeness (QED) is 0.369. The Kier molecular flexibility index (Phi) is 14.0. The van der Waals surface area contributed by atoms with Crippen molar-refractivity contribution in [3.63, 3.8) is 0 Å². The van der Waals surface area contributed by atoms with Crippen molar-refractivity contribution in [3.05, 3.63) is 41.5 Å². The number of nitrogens with one attached hydrogen (secondary N) is 3. The first-order chi connectivity index (χ1) is 19.6. The molecule has 2 heterocycles. The molecule has 1 aromatic rings. The van der Waals surface area contributed by atoms with Gasteiger partial charge in [0.05, 0.1) is 12.1 Å². The molecule has 3 rings (SSSR count). The number of hydrogen-bond acceptors (Lipinski definition) is 7. The Hall–Kier alpha value is -3.19. The van der Waals surface area contributed by atoms with Crippen LogP contribution in [0, 0.1) is 24.7 Å². The number of terminal acetylenes is 1. The monoisotopic (exact) mass is 568 g/mol. The van der Waals surface area contributed by atoms with Gasteiger partial charge in [-0.25, -0.2) is 5.43 Å². The van der Waals surface area contributed by atoms with Crippen LogP contribution in [0.5, 0.6) is 0 Å². The van der Waals surface area contributed by atoms with Gasteiger partial charge < -0.3 is 20.1 Å². The summed E-state index contributed by atoms with van der Waals surface area (Å²) in [6.45, 7) is 10.7. The van der Waals surface area contributed by atoms with E-state index in [1.54, 1.807) is 14.0 Å². The van der Waals surface area contributed by atoms with E-state index in [-0.39, 0.29) is 29.8 Å². The normalized spacial score (nSPS) is 29.6. The highest BCUT2D eigenvalue weighted by atomic mass is 16.5. The fourth-order valence-corrected chi connectivity index (χ4v) is 5.14. The Balaban J connectivity index is 0.00000287. The van der Waals surface area contributed by atoms with Crippen molar-refractivity contribution in [2.24, 2.45) is 11.8 Å². The van der Waals surface area contributed by atoms with Gasteiger partial charge in [0, 0.05) is 20.2 Å². The summed E-state index contributed by atoms with van der Waals surface area (Å²) in [5.74, 6) is -0.698. The standard InChI is InChI=1S/C30H46N4O5.C2H2/c1-19(2)27-28(35)32-21(4)29(36)34-16-10-14-25(33-34)30(37)39-22(5)24-13-9-12-23(17-24)11-7-8-15-26(38-6)20(3)18-31-27;1-2/h7,9,11-13,17,19-22,25-27,31,33H,8,10,14-16,18H2,1-6H3,(H,32,35);1-2H/b11-7+;. The van der Waals surface area contributed by atoms with Crippen molar-refractivity contribution in [2.45, 2.75) is 90.6 Å². The van der Waals surface area contributed by atoms with Gasteiger partial charge in [0.15, 0.2) is 0 Å². The van der Waals surface area contributed by atoms with Crippen LogP contribution >= 0.6 is 0 Å². The van der Waals surface area contributed by atoms with E-state index < -0.39 is 30.2 Å². The summed E-state index contributed by atoms with van der Waals surface area (Å²) in [5.41, 5.74) is 4.97. The van der Waals surface area contributed by atoms with Gasteiger partial charge in [-0.3, -0.25) is 19.4 Å². The summed E-state index contributed by atoms with van der Waals surface area (Å²) in [4.78, 5) is 39.4. The molecule has 9 heteroatoms. The molecule has 0 saturated carbocycles. The fourth-order valence-electron chi connectivity index (χ4n) is 5.14. The lowest BCUT2D eigenvalue weighted by atomic mass is 9.97. The number of hydrogen-bond donors (Lipinski definition) is 3. The van der Waals surface area contributed by atoms with Gasteiger partial charge in [-0.05, 0) is 68.6 Å². The number of hydrazine groups is 1. The van der Waals surface area contributed by atoms with Gasteiger partial charge in [-0.15, -0.1) is 12.8 Å². The average molecular weight is 569 g/mol. The predicted molar refractivity (Wildman–Crippen MR) is 161 cm³/mol. The Morgan fingerprint density at radius 1 is 1.10 bits per heavy atom. The summed E-state index contributed by atoms with van der Waals surface area (Å²) in [7, 11) is 1.72. The maximum atomic E-state index is 13.2. The minimum absolute atomic E-state index is 0.0268. The van der Waals surface area contributed by atoms with E-state index in [2.05, 4.69) is 48.0 Å². The first-order valence-electron chi connectivity index (χ1n) is 14.5. The smallest absolute Gasteiger partial charge is 0.325 e. The third-order valence-electron chi connectivity index (χ3n) is 7.61. The molecule has 226 valence electrons. The van der Waals surface area contributed by atoms with Crippen LogP contribution in [-0.2, 0) is 23.9 Å². The number of rotatable bonds is 2. The van der Waals surface area contributed by atoms with Crippen LogP contribution in [0.25, 0.3) is 6.08 Å². The van der Waals surface area contributed by atoms with Crippen molar-refractivity contribution in [1.29, 1.82) is 0 Å². The summed E-state index contributed by atoms with van der Waals surface area (Å²) in [5, 5.41) is 7.71. The van der Waals surface area contributed by atoms with Gasteiger partial charge in [0.2, 0.25) is 5.91 Å². The van der Waals surface area contributed by atoms with Crippen molar-refractivity contribution in [2.75, 3.05) is 20.2 Å².